The first-order valence-corrected chi connectivity index (χ1v) is 8.82. The standard InChI is InChI=1S/C18H14Cl2F2N2O2/c19-10-6-13(20)11(14(21)7-10)8-24-16(25)18(22)4-3-17(9-26-17)15-12(18)2-1-5-23-15/h1-2,5-7H,3-4,8-9H2,(H,24,25)/t17-,18+/m1/s1. The molecule has 1 saturated heterocycles. The number of aromatic nitrogens is 1. The molecule has 136 valence electrons. The van der Waals surface area contributed by atoms with Gasteiger partial charge in [-0.2, -0.15) is 0 Å². The largest absolute Gasteiger partial charge is 0.363 e. The molecule has 1 aliphatic carbocycles. The Morgan fingerprint density at radius 2 is 2.12 bits per heavy atom. The zero-order valence-electron chi connectivity index (χ0n) is 13.5. The smallest absolute Gasteiger partial charge is 0.262 e. The van der Waals surface area contributed by atoms with Crippen molar-refractivity contribution in [1.82, 2.24) is 10.3 Å². The number of fused-ring (bicyclic) bond motifs is 2. The van der Waals surface area contributed by atoms with Crippen LogP contribution in [0.5, 0.6) is 0 Å². The van der Waals surface area contributed by atoms with Crippen LogP contribution in [0.3, 0.4) is 0 Å². The molecular formula is C18H14Cl2F2N2O2. The van der Waals surface area contributed by atoms with Crippen molar-refractivity contribution < 1.29 is 18.3 Å². The fraction of sp³-hybridized carbons (Fsp3) is 0.333. The van der Waals surface area contributed by atoms with Crippen molar-refractivity contribution in [3.8, 4) is 0 Å². The van der Waals surface area contributed by atoms with Crippen LogP contribution in [-0.2, 0) is 27.3 Å². The van der Waals surface area contributed by atoms with Crippen molar-refractivity contribution in [2.24, 2.45) is 0 Å². The third kappa shape index (κ3) is 2.76. The summed E-state index contributed by atoms with van der Waals surface area (Å²) < 4.78 is 35.1. The topological polar surface area (TPSA) is 54.5 Å². The van der Waals surface area contributed by atoms with E-state index in [4.69, 9.17) is 27.9 Å². The number of nitrogens with one attached hydrogen (secondary N) is 1. The maximum absolute atomic E-state index is 15.6. The number of epoxide rings is 1. The molecule has 2 aromatic rings. The Balaban J connectivity index is 1.59. The molecule has 0 bridgehead atoms. The Kier molecular flexibility index (Phi) is 4.17. The molecule has 4 nitrogen and oxygen atoms in total. The molecule has 8 heteroatoms. The summed E-state index contributed by atoms with van der Waals surface area (Å²) in [6.45, 7) is 0.226. The fourth-order valence-electron chi connectivity index (χ4n) is 3.37. The van der Waals surface area contributed by atoms with E-state index in [2.05, 4.69) is 10.3 Å². The molecule has 1 N–H and O–H groups in total. The number of ether oxygens (including phenoxy) is 1. The van der Waals surface area contributed by atoms with Gasteiger partial charge in [-0.1, -0.05) is 29.3 Å². The molecule has 1 aromatic carbocycles. The van der Waals surface area contributed by atoms with Gasteiger partial charge in [-0.05, 0) is 31.0 Å². The first-order chi connectivity index (χ1) is 12.4. The van der Waals surface area contributed by atoms with Gasteiger partial charge < -0.3 is 10.1 Å². The predicted octanol–water partition coefficient (Wildman–Crippen LogP) is 4.03. The second kappa shape index (κ2) is 6.15. The molecule has 0 unspecified atom stereocenters. The molecule has 2 aliphatic rings. The Morgan fingerprint density at radius 3 is 2.81 bits per heavy atom. The van der Waals surface area contributed by atoms with E-state index in [1.807, 2.05) is 0 Å². The van der Waals surface area contributed by atoms with Crippen LogP contribution in [0.15, 0.2) is 30.5 Å². The lowest BCUT2D eigenvalue weighted by Crippen LogP contribution is -2.45. The Hall–Kier alpha value is -1.76. The van der Waals surface area contributed by atoms with E-state index in [-0.39, 0.29) is 34.1 Å². The van der Waals surface area contributed by atoms with Crippen LogP contribution in [0, 0.1) is 5.82 Å². The summed E-state index contributed by atoms with van der Waals surface area (Å²) in [4.78, 5) is 16.9. The Bertz CT molecular complexity index is 882. The number of rotatable bonds is 3. The van der Waals surface area contributed by atoms with Crippen molar-refractivity contribution >= 4 is 29.1 Å². The summed E-state index contributed by atoms with van der Waals surface area (Å²) in [5.41, 5.74) is -2.12. The molecule has 1 fully saturated rings. The van der Waals surface area contributed by atoms with E-state index in [0.29, 0.717) is 18.7 Å². The first-order valence-electron chi connectivity index (χ1n) is 8.06. The summed E-state index contributed by atoms with van der Waals surface area (Å²) in [5.74, 6) is -1.51. The second-order valence-corrected chi connectivity index (χ2v) is 7.36. The third-order valence-electron chi connectivity index (χ3n) is 4.92. The molecule has 1 aliphatic heterocycles. The van der Waals surface area contributed by atoms with Gasteiger partial charge in [0.1, 0.15) is 11.4 Å². The molecule has 4 rings (SSSR count). The molecule has 26 heavy (non-hydrogen) atoms. The van der Waals surface area contributed by atoms with Crippen LogP contribution >= 0.6 is 23.2 Å². The van der Waals surface area contributed by atoms with Gasteiger partial charge in [0, 0.05) is 33.9 Å². The van der Waals surface area contributed by atoms with Gasteiger partial charge in [0.05, 0.1) is 12.3 Å². The number of nitrogens with zero attached hydrogens (tertiary/aromatic N) is 1. The maximum atomic E-state index is 15.6. The van der Waals surface area contributed by atoms with Crippen molar-refractivity contribution in [1.29, 1.82) is 0 Å². The van der Waals surface area contributed by atoms with Gasteiger partial charge in [0.25, 0.3) is 5.91 Å². The molecule has 1 spiro atoms. The van der Waals surface area contributed by atoms with E-state index in [1.165, 1.54) is 6.07 Å². The average molecular weight is 399 g/mol. The fourth-order valence-corrected chi connectivity index (χ4v) is 3.90. The number of amides is 1. The SMILES string of the molecule is O=C(NCc1c(F)cc(Cl)cc1Cl)[C@]1(F)CC[C@@]2(CO2)c2ncccc21. The number of hydrogen-bond acceptors (Lipinski definition) is 3. The normalized spacial score (nSPS) is 26.5. The highest BCUT2D eigenvalue weighted by molar-refractivity contribution is 6.35. The number of halogens is 4. The number of carbonyl (C=O) groups excluding carboxylic acids is 1. The van der Waals surface area contributed by atoms with Crippen LogP contribution in [0.1, 0.15) is 29.7 Å². The minimum absolute atomic E-state index is 0.0334. The Labute approximate surface area is 158 Å². The molecule has 0 radical (unpaired) electrons. The lowest BCUT2D eigenvalue weighted by molar-refractivity contribution is -0.135. The highest BCUT2D eigenvalue weighted by Gasteiger charge is 2.58. The monoisotopic (exact) mass is 398 g/mol. The Morgan fingerprint density at radius 1 is 1.35 bits per heavy atom. The first kappa shape index (κ1) is 17.6. The lowest BCUT2D eigenvalue weighted by Gasteiger charge is -2.33. The van der Waals surface area contributed by atoms with Crippen LogP contribution in [0.2, 0.25) is 10.0 Å². The zero-order valence-corrected chi connectivity index (χ0v) is 15.0. The van der Waals surface area contributed by atoms with Gasteiger partial charge in [-0.25, -0.2) is 8.78 Å². The van der Waals surface area contributed by atoms with E-state index in [0.717, 1.165) is 6.07 Å². The van der Waals surface area contributed by atoms with Crippen molar-refractivity contribution in [2.45, 2.75) is 30.7 Å². The van der Waals surface area contributed by atoms with E-state index >= 15 is 4.39 Å². The van der Waals surface area contributed by atoms with Gasteiger partial charge in [0.2, 0.25) is 5.67 Å². The molecule has 0 saturated carbocycles. The second-order valence-electron chi connectivity index (χ2n) is 6.51. The van der Waals surface area contributed by atoms with E-state index < -0.39 is 23.0 Å². The van der Waals surface area contributed by atoms with Crippen LogP contribution in [0.25, 0.3) is 0 Å². The number of hydrogen-bond donors (Lipinski definition) is 1. The predicted molar refractivity (Wildman–Crippen MR) is 92.2 cm³/mol. The van der Waals surface area contributed by atoms with Crippen LogP contribution in [0.4, 0.5) is 8.78 Å². The van der Waals surface area contributed by atoms with Crippen molar-refractivity contribution in [2.75, 3.05) is 6.61 Å². The van der Waals surface area contributed by atoms with Gasteiger partial charge >= 0.3 is 0 Å². The van der Waals surface area contributed by atoms with Gasteiger partial charge in [-0.15, -0.1) is 0 Å². The summed E-state index contributed by atoms with van der Waals surface area (Å²) in [7, 11) is 0. The zero-order chi connectivity index (χ0) is 18.5. The van der Waals surface area contributed by atoms with Gasteiger partial charge in [0.15, 0.2) is 0 Å². The molecular weight excluding hydrogens is 385 g/mol. The molecule has 2 heterocycles. The van der Waals surface area contributed by atoms with Crippen LogP contribution < -0.4 is 5.32 Å². The molecule has 1 amide bonds. The van der Waals surface area contributed by atoms with Crippen LogP contribution in [-0.4, -0.2) is 17.5 Å². The average Bonchev–Trinajstić information content (AvgIpc) is 3.38. The van der Waals surface area contributed by atoms with Crippen molar-refractivity contribution in [3.05, 3.63) is 63.1 Å². The van der Waals surface area contributed by atoms with E-state index in [9.17, 15) is 9.18 Å². The quantitative estimate of drug-likeness (QED) is 0.794. The van der Waals surface area contributed by atoms with Gasteiger partial charge in [-0.3, -0.25) is 9.78 Å². The van der Waals surface area contributed by atoms with E-state index in [1.54, 1.807) is 18.3 Å². The summed E-state index contributed by atoms with van der Waals surface area (Å²) in [6.07, 6.45) is 1.88. The lowest BCUT2D eigenvalue weighted by atomic mass is 9.77. The van der Waals surface area contributed by atoms with Crippen molar-refractivity contribution in [3.63, 3.8) is 0 Å². The number of alkyl halides is 1. The minimum Gasteiger partial charge on any atom is -0.363 e. The summed E-state index contributed by atoms with van der Waals surface area (Å²) in [6, 6.07) is 5.58. The number of pyridine rings is 1. The summed E-state index contributed by atoms with van der Waals surface area (Å²) >= 11 is 11.7. The summed E-state index contributed by atoms with van der Waals surface area (Å²) in [5, 5.41) is 2.66. The number of carbonyl (C=O) groups is 1. The minimum atomic E-state index is -2.25. The highest BCUT2D eigenvalue weighted by atomic mass is 35.5. The third-order valence-corrected chi connectivity index (χ3v) is 5.48. The maximum Gasteiger partial charge on any atom is 0.262 e. The highest BCUT2D eigenvalue weighted by Crippen LogP contribution is 2.53. The molecule has 2 atom stereocenters. The molecule has 1 aromatic heterocycles. The number of benzene rings is 1.